The smallest absolute Gasteiger partial charge is 0.416 e. The Morgan fingerprint density at radius 1 is 1.14 bits per heavy atom. The number of hydrogen-bond acceptors (Lipinski definition) is 3. The van der Waals surface area contributed by atoms with Crippen LogP contribution in [0.5, 0.6) is 5.75 Å². The number of hydrogen-bond donors (Lipinski definition) is 1. The molecule has 114 valence electrons. The predicted octanol–water partition coefficient (Wildman–Crippen LogP) is 3.82. The Morgan fingerprint density at radius 3 is 2.55 bits per heavy atom. The third-order valence-corrected chi connectivity index (χ3v) is 2.68. The summed E-state index contributed by atoms with van der Waals surface area (Å²) in [5.41, 5.74) is -0.714. The van der Waals surface area contributed by atoms with Crippen LogP contribution in [0.15, 0.2) is 53.7 Å². The number of rotatable bonds is 4. The van der Waals surface area contributed by atoms with E-state index in [1.807, 2.05) is 0 Å². The zero-order valence-corrected chi connectivity index (χ0v) is 11.0. The van der Waals surface area contributed by atoms with Crippen molar-refractivity contribution in [3.05, 3.63) is 65.2 Å². The summed E-state index contributed by atoms with van der Waals surface area (Å²) in [6, 6.07) is 10.3. The number of carboxylic acid groups (broad SMARTS) is 1. The lowest BCUT2D eigenvalue weighted by Crippen LogP contribution is -2.05. The molecule has 0 saturated carbocycles. The second kappa shape index (κ2) is 6.30. The van der Waals surface area contributed by atoms with Gasteiger partial charge in [0.2, 0.25) is 0 Å². The average molecular weight is 309 g/mol. The second-order valence-electron chi connectivity index (χ2n) is 4.25. The van der Waals surface area contributed by atoms with E-state index in [9.17, 15) is 18.0 Å². The van der Waals surface area contributed by atoms with Crippen molar-refractivity contribution in [3.8, 4) is 5.75 Å². The Morgan fingerprint density at radius 2 is 1.86 bits per heavy atom. The topological polar surface area (TPSA) is 58.9 Å². The van der Waals surface area contributed by atoms with Gasteiger partial charge >= 0.3 is 12.1 Å². The Labute approximate surface area is 123 Å². The largest absolute Gasteiger partial charge is 0.478 e. The van der Waals surface area contributed by atoms with Crippen LogP contribution < -0.4 is 4.84 Å². The Bertz CT molecular complexity index is 711. The first-order chi connectivity index (χ1) is 10.4. The van der Waals surface area contributed by atoms with Crippen LogP contribution in [0, 0.1) is 0 Å². The molecule has 0 radical (unpaired) electrons. The van der Waals surface area contributed by atoms with Crippen LogP contribution in [0.3, 0.4) is 0 Å². The van der Waals surface area contributed by atoms with Crippen LogP contribution in [-0.4, -0.2) is 17.3 Å². The van der Waals surface area contributed by atoms with Crippen LogP contribution in [-0.2, 0) is 6.18 Å². The van der Waals surface area contributed by atoms with Crippen molar-refractivity contribution in [3.63, 3.8) is 0 Å². The molecule has 1 N–H and O–H groups in total. The number of oxime groups is 1. The molecule has 2 rings (SSSR count). The van der Waals surface area contributed by atoms with Crippen molar-refractivity contribution in [1.29, 1.82) is 0 Å². The summed E-state index contributed by atoms with van der Waals surface area (Å²) >= 11 is 0. The molecule has 0 unspecified atom stereocenters. The van der Waals surface area contributed by atoms with Gasteiger partial charge in [-0.25, -0.2) is 4.79 Å². The summed E-state index contributed by atoms with van der Waals surface area (Å²) in [6.07, 6.45) is -3.37. The third kappa shape index (κ3) is 3.85. The van der Waals surface area contributed by atoms with Crippen LogP contribution in [0.2, 0.25) is 0 Å². The van der Waals surface area contributed by atoms with Crippen molar-refractivity contribution < 1.29 is 27.9 Å². The molecule has 4 nitrogen and oxygen atoms in total. The summed E-state index contributed by atoms with van der Waals surface area (Å²) in [7, 11) is 0. The first-order valence-corrected chi connectivity index (χ1v) is 6.08. The van der Waals surface area contributed by atoms with Crippen molar-refractivity contribution in [1.82, 2.24) is 0 Å². The first kappa shape index (κ1) is 15.6. The first-order valence-electron chi connectivity index (χ1n) is 6.08. The Hall–Kier alpha value is -2.83. The van der Waals surface area contributed by atoms with E-state index in [2.05, 4.69) is 5.16 Å². The maximum atomic E-state index is 12.6. The van der Waals surface area contributed by atoms with Gasteiger partial charge in [-0.05, 0) is 29.8 Å². The highest BCUT2D eigenvalue weighted by Crippen LogP contribution is 2.29. The van der Waals surface area contributed by atoms with Crippen LogP contribution >= 0.6 is 0 Å². The van der Waals surface area contributed by atoms with Crippen molar-refractivity contribution >= 4 is 12.2 Å². The maximum absolute atomic E-state index is 12.6. The molecule has 0 aliphatic rings. The second-order valence-corrected chi connectivity index (χ2v) is 4.25. The fourth-order valence-electron chi connectivity index (χ4n) is 1.66. The standard InChI is InChI=1S/C15H10F3NO3/c16-15(17,18)11-5-3-4-10(8-11)9-19-22-13-7-2-1-6-12(13)14(20)21/h1-9H,(H,20,21)/b19-9+. The molecule has 0 saturated heterocycles. The fourth-order valence-corrected chi connectivity index (χ4v) is 1.66. The molecule has 0 aliphatic carbocycles. The quantitative estimate of drug-likeness (QED) is 0.690. The average Bonchev–Trinajstić information content (AvgIpc) is 2.47. The summed E-state index contributed by atoms with van der Waals surface area (Å²) in [5.74, 6) is -1.19. The van der Waals surface area contributed by atoms with E-state index < -0.39 is 17.7 Å². The van der Waals surface area contributed by atoms with Crippen LogP contribution in [0.4, 0.5) is 13.2 Å². The lowest BCUT2D eigenvalue weighted by Gasteiger charge is -2.06. The lowest BCUT2D eigenvalue weighted by atomic mass is 10.1. The molecule has 0 bridgehead atoms. The molecule has 0 aliphatic heterocycles. The van der Waals surface area contributed by atoms with Gasteiger partial charge in [-0.1, -0.05) is 29.4 Å². The van der Waals surface area contributed by atoms with Gasteiger partial charge in [0.25, 0.3) is 0 Å². The van der Waals surface area contributed by atoms with E-state index in [-0.39, 0.29) is 16.9 Å². The molecule has 0 spiro atoms. The molecular formula is C15H10F3NO3. The third-order valence-electron chi connectivity index (χ3n) is 2.68. The number of nitrogens with zero attached hydrogens (tertiary/aromatic N) is 1. The molecule has 7 heteroatoms. The predicted molar refractivity (Wildman–Crippen MR) is 73.1 cm³/mol. The van der Waals surface area contributed by atoms with Crippen LogP contribution in [0.25, 0.3) is 0 Å². The molecule has 2 aromatic carbocycles. The molecule has 0 aromatic heterocycles. The van der Waals surface area contributed by atoms with Gasteiger partial charge < -0.3 is 9.94 Å². The van der Waals surface area contributed by atoms with Crippen molar-refractivity contribution in [2.75, 3.05) is 0 Å². The monoisotopic (exact) mass is 309 g/mol. The van der Waals surface area contributed by atoms with Gasteiger partial charge in [0.05, 0.1) is 11.8 Å². The zero-order chi connectivity index (χ0) is 16.2. The van der Waals surface area contributed by atoms with Gasteiger partial charge in [-0.15, -0.1) is 0 Å². The Balaban J connectivity index is 2.16. The minimum absolute atomic E-state index is 0.00164. The van der Waals surface area contributed by atoms with E-state index in [0.717, 1.165) is 18.3 Å². The molecule has 0 amide bonds. The summed E-state index contributed by atoms with van der Waals surface area (Å²) < 4.78 is 37.7. The van der Waals surface area contributed by atoms with Gasteiger partial charge in [-0.3, -0.25) is 0 Å². The summed E-state index contributed by atoms with van der Waals surface area (Å²) in [6.45, 7) is 0. The highest BCUT2D eigenvalue weighted by molar-refractivity contribution is 5.90. The number of alkyl halides is 3. The highest BCUT2D eigenvalue weighted by atomic mass is 19.4. The molecule has 0 heterocycles. The molecule has 2 aromatic rings. The number of benzene rings is 2. The summed E-state index contributed by atoms with van der Waals surface area (Å²) in [4.78, 5) is 15.9. The number of halogens is 3. The minimum atomic E-state index is -4.44. The lowest BCUT2D eigenvalue weighted by molar-refractivity contribution is -0.137. The van der Waals surface area contributed by atoms with E-state index >= 15 is 0 Å². The maximum Gasteiger partial charge on any atom is 0.416 e. The van der Waals surface area contributed by atoms with Gasteiger partial charge in [0.15, 0.2) is 5.75 Å². The van der Waals surface area contributed by atoms with E-state index in [4.69, 9.17) is 9.94 Å². The molecular weight excluding hydrogens is 299 g/mol. The molecule has 0 fully saturated rings. The molecule has 0 atom stereocenters. The number of para-hydroxylation sites is 1. The number of carbonyl (C=O) groups is 1. The van der Waals surface area contributed by atoms with Gasteiger partial charge in [0.1, 0.15) is 5.56 Å². The minimum Gasteiger partial charge on any atom is -0.478 e. The van der Waals surface area contributed by atoms with Gasteiger partial charge in [-0.2, -0.15) is 13.2 Å². The van der Waals surface area contributed by atoms with Gasteiger partial charge in [0, 0.05) is 0 Å². The van der Waals surface area contributed by atoms with E-state index in [1.165, 1.54) is 30.3 Å². The van der Waals surface area contributed by atoms with E-state index in [1.54, 1.807) is 6.07 Å². The highest BCUT2D eigenvalue weighted by Gasteiger charge is 2.30. The van der Waals surface area contributed by atoms with Crippen LogP contribution in [0.1, 0.15) is 21.5 Å². The summed E-state index contributed by atoms with van der Waals surface area (Å²) in [5, 5.41) is 12.5. The van der Waals surface area contributed by atoms with Crippen molar-refractivity contribution in [2.24, 2.45) is 5.16 Å². The number of carboxylic acids is 1. The SMILES string of the molecule is O=C(O)c1ccccc1O/N=C/c1cccc(C(F)(F)F)c1. The normalized spacial score (nSPS) is 11.6. The number of aromatic carboxylic acids is 1. The van der Waals surface area contributed by atoms with Crippen molar-refractivity contribution in [2.45, 2.75) is 6.18 Å². The molecule has 22 heavy (non-hydrogen) atoms. The Kier molecular flexibility index (Phi) is 4.45. The van der Waals surface area contributed by atoms with E-state index in [0.29, 0.717) is 0 Å². The fraction of sp³-hybridized carbons (Fsp3) is 0.0667. The zero-order valence-electron chi connectivity index (χ0n) is 11.0.